The van der Waals surface area contributed by atoms with E-state index in [-0.39, 0.29) is 18.4 Å². The van der Waals surface area contributed by atoms with Gasteiger partial charge < -0.3 is 30.4 Å². The van der Waals surface area contributed by atoms with Crippen LogP contribution in [0.5, 0.6) is 5.88 Å². The number of alkyl carbamates (subject to hydrolysis) is 1. The lowest BCUT2D eigenvalue weighted by molar-refractivity contribution is -0.0535. The largest absolute Gasteiger partial charge is 0.476 e. The SMILES string of the molecule is CCOc1nc(N)nc2c1ncn2[C@@H]1O[C@H](CO)C2OC(=O)N[C@]21C. The summed E-state index contributed by atoms with van der Waals surface area (Å²) in [6.07, 6.45) is -1.06. The molecule has 0 bridgehead atoms. The Morgan fingerprint density at radius 1 is 1.52 bits per heavy atom. The average molecular weight is 350 g/mol. The lowest BCUT2D eigenvalue weighted by atomic mass is 9.93. The minimum absolute atomic E-state index is 0.0304. The smallest absolute Gasteiger partial charge is 0.408 e. The van der Waals surface area contributed by atoms with Gasteiger partial charge in [0.25, 0.3) is 0 Å². The Balaban J connectivity index is 1.83. The van der Waals surface area contributed by atoms with E-state index in [1.165, 1.54) is 6.33 Å². The number of nitrogens with zero attached hydrogens (tertiary/aromatic N) is 4. The highest BCUT2D eigenvalue weighted by molar-refractivity contribution is 5.78. The monoisotopic (exact) mass is 350 g/mol. The highest BCUT2D eigenvalue weighted by atomic mass is 16.6. The Hall–Kier alpha value is -2.66. The van der Waals surface area contributed by atoms with Crippen LogP contribution in [-0.2, 0) is 9.47 Å². The molecule has 4 atom stereocenters. The van der Waals surface area contributed by atoms with Gasteiger partial charge in [-0.2, -0.15) is 9.97 Å². The normalized spacial score (nSPS) is 31.0. The molecule has 11 heteroatoms. The van der Waals surface area contributed by atoms with Crippen molar-refractivity contribution in [2.45, 2.75) is 37.8 Å². The van der Waals surface area contributed by atoms with Gasteiger partial charge in [-0.25, -0.2) is 9.78 Å². The number of aliphatic hydroxyl groups is 1. The van der Waals surface area contributed by atoms with Gasteiger partial charge in [0.05, 0.1) is 19.5 Å². The molecule has 2 aromatic heterocycles. The number of hydrogen-bond donors (Lipinski definition) is 3. The zero-order valence-corrected chi connectivity index (χ0v) is 13.7. The molecule has 4 N–H and O–H groups in total. The summed E-state index contributed by atoms with van der Waals surface area (Å²) in [5, 5.41) is 12.3. The molecule has 11 nitrogen and oxygen atoms in total. The van der Waals surface area contributed by atoms with Crippen LogP contribution in [0.2, 0.25) is 0 Å². The highest BCUT2D eigenvalue weighted by Crippen LogP contribution is 2.44. The Labute approximate surface area is 142 Å². The number of carbonyl (C=O) groups is 1. The summed E-state index contributed by atoms with van der Waals surface area (Å²) in [4.78, 5) is 24.3. The number of hydrogen-bond acceptors (Lipinski definition) is 9. The molecule has 134 valence electrons. The molecule has 2 aromatic rings. The first-order valence-electron chi connectivity index (χ1n) is 7.86. The second-order valence-electron chi connectivity index (χ2n) is 6.09. The van der Waals surface area contributed by atoms with E-state index in [1.807, 2.05) is 6.92 Å². The molecule has 2 fully saturated rings. The standard InChI is InChI=1S/C14H18N6O5/c1-3-23-10-7-9(17-12(15)18-10)20(5-16-7)11-14(2)8(6(4-21)24-11)25-13(22)19-14/h5-6,8,11,21H,3-4H2,1-2H3,(H,19,22)(H2,15,17,18)/t6-,8?,11-,14-/m1/s1. The summed E-state index contributed by atoms with van der Waals surface area (Å²) in [5.41, 5.74) is 5.71. The van der Waals surface area contributed by atoms with Crippen molar-refractivity contribution in [1.82, 2.24) is 24.8 Å². The van der Waals surface area contributed by atoms with E-state index >= 15 is 0 Å². The van der Waals surface area contributed by atoms with Crippen molar-refractivity contribution in [1.29, 1.82) is 0 Å². The van der Waals surface area contributed by atoms with Gasteiger partial charge in [-0.05, 0) is 13.8 Å². The van der Waals surface area contributed by atoms with Crippen LogP contribution < -0.4 is 15.8 Å². The lowest BCUT2D eigenvalue weighted by Gasteiger charge is -2.27. The number of amides is 1. The topological polar surface area (TPSA) is 147 Å². The van der Waals surface area contributed by atoms with E-state index in [2.05, 4.69) is 20.3 Å². The number of carbonyl (C=O) groups excluding carboxylic acids is 1. The predicted octanol–water partition coefficient (Wildman–Crippen LogP) is -0.436. The maximum Gasteiger partial charge on any atom is 0.408 e. The molecule has 0 radical (unpaired) electrons. The molecule has 2 saturated heterocycles. The zero-order chi connectivity index (χ0) is 17.8. The molecule has 0 aliphatic carbocycles. The van der Waals surface area contributed by atoms with Crippen LogP contribution in [0.25, 0.3) is 11.2 Å². The Morgan fingerprint density at radius 3 is 3.04 bits per heavy atom. The molecule has 1 unspecified atom stereocenters. The van der Waals surface area contributed by atoms with Gasteiger partial charge in [0.2, 0.25) is 11.8 Å². The summed E-state index contributed by atoms with van der Waals surface area (Å²) in [5.74, 6) is 0.302. The van der Waals surface area contributed by atoms with E-state index in [1.54, 1.807) is 11.5 Å². The molecule has 4 rings (SSSR count). The van der Waals surface area contributed by atoms with E-state index < -0.39 is 30.1 Å². The number of fused-ring (bicyclic) bond motifs is 2. The first kappa shape index (κ1) is 15.8. The quantitative estimate of drug-likeness (QED) is 0.668. The van der Waals surface area contributed by atoms with Gasteiger partial charge in [-0.3, -0.25) is 4.57 Å². The minimum atomic E-state index is -0.899. The van der Waals surface area contributed by atoms with Crippen LogP contribution in [-0.4, -0.2) is 61.7 Å². The van der Waals surface area contributed by atoms with Crippen LogP contribution in [0.3, 0.4) is 0 Å². The third kappa shape index (κ3) is 2.19. The molecule has 0 saturated carbocycles. The lowest BCUT2D eigenvalue weighted by Crippen LogP contribution is -2.49. The van der Waals surface area contributed by atoms with E-state index in [4.69, 9.17) is 19.9 Å². The van der Waals surface area contributed by atoms with Crippen molar-refractivity contribution >= 4 is 23.2 Å². The Bertz CT molecular complexity index is 840. The zero-order valence-electron chi connectivity index (χ0n) is 13.7. The molecule has 2 aliphatic rings. The number of nitrogen functional groups attached to an aromatic ring is 1. The van der Waals surface area contributed by atoms with Gasteiger partial charge in [0, 0.05) is 0 Å². The molecular formula is C14H18N6O5. The molecular weight excluding hydrogens is 332 g/mol. The minimum Gasteiger partial charge on any atom is -0.476 e. The molecule has 0 spiro atoms. The fourth-order valence-corrected chi connectivity index (χ4v) is 3.41. The second-order valence-corrected chi connectivity index (χ2v) is 6.09. The third-order valence-corrected chi connectivity index (χ3v) is 4.47. The molecule has 25 heavy (non-hydrogen) atoms. The summed E-state index contributed by atoms with van der Waals surface area (Å²) >= 11 is 0. The number of aliphatic hydroxyl groups excluding tert-OH is 1. The molecule has 4 heterocycles. The van der Waals surface area contributed by atoms with Crippen molar-refractivity contribution in [3.8, 4) is 5.88 Å². The van der Waals surface area contributed by atoms with E-state index in [0.717, 1.165) is 0 Å². The van der Waals surface area contributed by atoms with Crippen LogP contribution in [0, 0.1) is 0 Å². The number of nitrogens with two attached hydrogens (primary N) is 1. The maximum absolute atomic E-state index is 11.7. The summed E-state index contributed by atoms with van der Waals surface area (Å²) in [7, 11) is 0. The number of imidazole rings is 1. The van der Waals surface area contributed by atoms with Crippen molar-refractivity contribution < 1.29 is 24.1 Å². The van der Waals surface area contributed by atoms with Crippen molar-refractivity contribution in [3.63, 3.8) is 0 Å². The summed E-state index contributed by atoms with van der Waals surface area (Å²) < 4.78 is 18.3. The fraction of sp³-hybridized carbons (Fsp3) is 0.571. The molecule has 2 aliphatic heterocycles. The van der Waals surface area contributed by atoms with Crippen LogP contribution >= 0.6 is 0 Å². The summed E-state index contributed by atoms with van der Waals surface area (Å²) in [6.45, 7) is 3.71. The number of rotatable bonds is 4. The van der Waals surface area contributed by atoms with Crippen molar-refractivity contribution in [2.75, 3.05) is 18.9 Å². The van der Waals surface area contributed by atoms with Gasteiger partial charge in [-0.1, -0.05) is 0 Å². The van der Waals surface area contributed by atoms with Crippen LogP contribution in [0.4, 0.5) is 10.7 Å². The predicted molar refractivity (Wildman–Crippen MR) is 83.7 cm³/mol. The average Bonchev–Trinajstić information content (AvgIpc) is 3.17. The van der Waals surface area contributed by atoms with E-state index in [0.29, 0.717) is 17.8 Å². The van der Waals surface area contributed by atoms with Crippen molar-refractivity contribution in [2.24, 2.45) is 0 Å². The Kier molecular flexibility index (Phi) is 3.44. The van der Waals surface area contributed by atoms with E-state index in [9.17, 15) is 9.90 Å². The maximum atomic E-state index is 11.7. The number of aromatic nitrogens is 4. The third-order valence-electron chi connectivity index (χ3n) is 4.47. The van der Waals surface area contributed by atoms with Crippen LogP contribution in [0.1, 0.15) is 20.1 Å². The first-order valence-corrected chi connectivity index (χ1v) is 7.86. The van der Waals surface area contributed by atoms with Crippen molar-refractivity contribution in [3.05, 3.63) is 6.33 Å². The number of nitrogens with one attached hydrogen (secondary N) is 1. The second kappa shape index (κ2) is 5.43. The molecule has 0 aromatic carbocycles. The summed E-state index contributed by atoms with van der Waals surface area (Å²) in [6, 6.07) is 0. The first-order chi connectivity index (χ1) is 12.0. The van der Waals surface area contributed by atoms with Crippen LogP contribution in [0.15, 0.2) is 6.33 Å². The fourth-order valence-electron chi connectivity index (χ4n) is 3.41. The number of anilines is 1. The van der Waals surface area contributed by atoms with Gasteiger partial charge in [0.15, 0.2) is 23.5 Å². The van der Waals surface area contributed by atoms with Gasteiger partial charge in [0.1, 0.15) is 11.6 Å². The van der Waals surface area contributed by atoms with Gasteiger partial charge in [-0.15, -0.1) is 0 Å². The highest BCUT2D eigenvalue weighted by Gasteiger charge is 2.61. The number of ether oxygens (including phenoxy) is 3. The van der Waals surface area contributed by atoms with Gasteiger partial charge >= 0.3 is 6.09 Å². The molecule has 1 amide bonds. The Morgan fingerprint density at radius 2 is 2.32 bits per heavy atom.